The lowest BCUT2D eigenvalue weighted by Crippen LogP contribution is -2.01. The molecule has 17 heavy (non-hydrogen) atoms. The van der Waals surface area contributed by atoms with Gasteiger partial charge in [-0.05, 0) is 35.9 Å². The second kappa shape index (κ2) is 4.82. The van der Waals surface area contributed by atoms with Crippen LogP contribution < -0.4 is 0 Å². The molecule has 1 atom stereocenters. The minimum atomic E-state index is -1.07. The zero-order valence-electron chi connectivity index (χ0n) is 8.70. The molecular formula is C13H9ClF2O. The standard InChI is InChI=1S/C13H9ClF2O/c14-12-6-5-10(16)7-11(12)13(17)8-1-3-9(15)4-2-8/h1-7,13,17H. The molecule has 0 aliphatic carbocycles. The third-order valence-corrected chi connectivity index (χ3v) is 2.78. The summed E-state index contributed by atoms with van der Waals surface area (Å²) in [5.41, 5.74) is 0.720. The highest BCUT2D eigenvalue weighted by molar-refractivity contribution is 6.31. The minimum Gasteiger partial charge on any atom is -0.384 e. The summed E-state index contributed by atoms with van der Waals surface area (Å²) < 4.78 is 25.8. The number of halogens is 3. The van der Waals surface area contributed by atoms with E-state index in [1.165, 1.54) is 36.4 Å². The van der Waals surface area contributed by atoms with Gasteiger partial charge in [0, 0.05) is 10.6 Å². The Morgan fingerprint density at radius 3 is 2.18 bits per heavy atom. The van der Waals surface area contributed by atoms with Crippen LogP contribution in [0.15, 0.2) is 42.5 Å². The largest absolute Gasteiger partial charge is 0.384 e. The van der Waals surface area contributed by atoms with Crippen molar-refractivity contribution >= 4 is 11.6 Å². The molecule has 0 radical (unpaired) electrons. The number of hydrogen-bond donors (Lipinski definition) is 1. The van der Waals surface area contributed by atoms with E-state index in [-0.39, 0.29) is 10.6 Å². The zero-order chi connectivity index (χ0) is 12.4. The Morgan fingerprint density at radius 2 is 1.53 bits per heavy atom. The summed E-state index contributed by atoms with van der Waals surface area (Å²) in [5.74, 6) is -0.878. The van der Waals surface area contributed by atoms with Crippen LogP contribution in [0.25, 0.3) is 0 Å². The van der Waals surface area contributed by atoms with Gasteiger partial charge in [0.15, 0.2) is 0 Å². The first kappa shape index (κ1) is 12.0. The lowest BCUT2D eigenvalue weighted by Gasteiger charge is -2.13. The van der Waals surface area contributed by atoms with Gasteiger partial charge in [0.05, 0.1) is 0 Å². The Labute approximate surface area is 102 Å². The fourth-order valence-electron chi connectivity index (χ4n) is 1.55. The van der Waals surface area contributed by atoms with Crippen molar-refractivity contribution in [3.05, 3.63) is 70.2 Å². The van der Waals surface area contributed by atoms with Gasteiger partial charge in [-0.15, -0.1) is 0 Å². The summed E-state index contributed by atoms with van der Waals surface area (Å²) in [4.78, 5) is 0. The van der Waals surface area contributed by atoms with Crippen molar-refractivity contribution in [1.82, 2.24) is 0 Å². The average Bonchev–Trinajstić information content (AvgIpc) is 2.32. The SMILES string of the molecule is OC(c1ccc(F)cc1)c1cc(F)ccc1Cl. The van der Waals surface area contributed by atoms with Crippen LogP contribution in [0.2, 0.25) is 5.02 Å². The van der Waals surface area contributed by atoms with E-state index < -0.39 is 17.7 Å². The Bertz CT molecular complexity index is 525. The molecule has 0 fully saturated rings. The van der Waals surface area contributed by atoms with Gasteiger partial charge in [-0.3, -0.25) is 0 Å². The van der Waals surface area contributed by atoms with Crippen LogP contribution in [-0.4, -0.2) is 5.11 Å². The van der Waals surface area contributed by atoms with Crippen molar-refractivity contribution in [1.29, 1.82) is 0 Å². The molecule has 0 amide bonds. The first-order valence-electron chi connectivity index (χ1n) is 4.96. The van der Waals surface area contributed by atoms with E-state index in [9.17, 15) is 13.9 Å². The fraction of sp³-hybridized carbons (Fsp3) is 0.0769. The maximum absolute atomic E-state index is 13.1. The molecule has 1 N–H and O–H groups in total. The molecule has 1 nitrogen and oxygen atoms in total. The van der Waals surface area contributed by atoms with Crippen LogP contribution >= 0.6 is 11.6 Å². The topological polar surface area (TPSA) is 20.2 Å². The molecule has 2 aromatic rings. The van der Waals surface area contributed by atoms with Crippen LogP contribution in [0.1, 0.15) is 17.2 Å². The van der Waals surface area contributed by atoms with Gasteiger partial charge in [0.2, 0.25) is 0 Å². The molecule has 0 aromatic heterocycles. The van der Waals surface area contributed by atoms with Crippen molar-refractivity contribution in [3.63, 3.8) is 0 Å². The fourth-order valence-corrected chi connectivity index (χ4v) is 1.77. The van der Waals surface area contributed by atoms with E-state index in [2.05, 4.69) is 0 Å². The molecule has 0 saturated carbocycles. The molecular weight excluding hydrogens is 246 g/mol. The molecule has 88 valence electrons. The van der Waals surface area contributed by atoms with E-state index >= 15 is 0 Å². The molecule has 0 aliphatic rings. The minimum absolute atomic E-state index is 0.262. The molecule has 1 unspecified atom stereocenters. The van der Waals surface area contributed by atoms with Gasteiger partial charge in [0.25, 0.3) is 0 Å². The van der Waals surface area contributed by atoms with Crippen LogP contribution in [0, 0.1) is 11.6 Å². The average molecular weight is 255 g/mol. The normalized spacial score (nSPS) is 12.5. The van der Waals surface area contributed by atoms with Gasteiger partial charge in [-0.1, -0.05) is 23.7 Å². The second-order valence-electron chi connectivity index (χ2n) is 3.62. The number of aliphatic hydroxyl groups is 1. The van der Waals surface area contributed by atoms with Gasteiger partial charge in [-0.25, -0.2) is 8.78 Å². The number of aliphatic hydroxyl groups excluding tert-OH is 1. The maximum Gasteiger partial charge on any atom is 0.123 e. The highest BCUT2D eigenvalue weighted by Crippen LogP contribution is 2.28. The first-order valence-corrected chi connectivity index (χ1v) is 5.34. The van der Waals surface area contributed by atoms with Gasteiger partial charge in [0.1, 0.15) is 17.7 Å². The monoisotopic (exact) mass is 254 g/mol. The third-order valence-electron chi connectivity index (χ3n) is 2.44. The third kappa shape index (κ3) is 2.62. The zero-order valence-corrected chi connectivity index (χ0v) is 9.46. The van der Waals surface area contributed by atoms with Gasteiger partial charge >= 0.3 is 0 Å². The summed E-state index contributed by atoms with van der Waals surface area (Å²) in [6.45, 7) is 0. The van der Waals surface area contributed by atoms with E-state index in [1.54, 1.807) is 0 Å². The predicted octanol–water partition coefficient (Wildman–Crippen LogP) is 3.70. The van der Waals surface area contributed by atoms with Crippen molar-refractivity contribution in [3.8, 4) is 0 Å². The van der Waals surface area contributed by atoms with E-state index in [0.29, 0.717) is 5.56 Å². The number of hydrogen-bond acceptors (Lipinski definition) is 1. The molecule has 2 aromatic carbocycles. The van der Waals surface area contributed by atoms with Crippen LogP contribution in [0.5, 0.6) is 0 Å². The molecule has 2 rings (SSSR count). The van der Waals surface area contributed by atoms with Gasteiger partial charge in [-0.2, -0.15) is 0 Å². The Balaban J connectivity index is 2.39. The predicted molar refractivity (Wildman–Crippen MR) is 61.9 cm³/mol. The van der Waals surface area contributed by atoms with Crippen LogP contribution in [0.4, 0.5) is 8.78 Å². The van der Waals surface area contributed by atoms with Gasteiger partial charge < -0.3 is 5.11 Å². The lowest BCUT2D eigenvalue weighted by molar-refractivity contribution is 0.220. The molecule has 0 aliphatic heterocycles. The van der Waals surface area contributed by atoms with Crippen LogP contribution in [-0.2, 0) is 0 Å². The molecule has 0 spiro atoms. The smallest absolute Gasteiger partial charge is 0.123 e. The van der Waals surface area contributed by atoms with E-state index in [1.807, 2.05) is 0 Å². The van der Waals surface area contributed by atoms with E-state index in [4.69, 9.17) is 11.6 Å². The number of benzene rings is 2. The highest BCUT2D eigenvalue weighted by atomic mass is 35.5. The van der Waals surface area contributed by atoms with Crippen molar-refractivity contribution < 1.29 is 13.9 Å². The molecule has 0 heterocycles. The molecule has 0 saturated heterocycles. The molecule has 4 heteroatoms. The number of rotatable bonds is 2. The second-order valence-corrected chi connectivity index (χ2v) is 4.03. The summed E-state index contributed by atoms with van der Waals surface area (Å²) in [6, 6.07) is 9.07. The van der Waals surface area contributed by atoms with Crippen molar-refractivity contribution in [2.75, 3.05) is 0 Å². The van der Waals surface area contributed by atoms with Crippen molar-refractivity contribution in [2.24, 2.45) is 0 Å². The molecule has 0 bridgehead atoms. The summed E-state index contributed by atoms with van der Waals surface area (Å²) in [5, 5.41) is 10.3. The van der Waals surface area contributed by atoms with E-state index in [0.717, 1.165) is 6.07 Å². The lowest BCUT2D eigenvalue weighted by atomic mass is 10.0. The van der Waals surface area contributed by atoms with Crippen molar-refractivity contribution in [2.45, 2.75) is 6.10 Å². The van der Waals surface area contributed by atoms with Crippen LogP contribution in [0.3, 0.4) is 0 Å². The highest BCUT2D eigenvalue weighted by Gasteiger charge is 2.14. The Morgan fingerprint density at radius 1 is 0.941 bits per heavy atom. The Hall–Kier alpha value is -1.45. The first-order chi connectivity index (χ1) is 8.08. The summed E-state index contributed by atoms with van der Waals surface area (Å²) in [7, 11) is 0. The summed E-state index contributed by atoms with van der Waals surface area (Å²) in [6.07, 6.45) is -1.07. The Kier molecular flexibility index (Phi) is 3.41. The maximum atomic E-state index is 13.1. The summed E-state index contributed by atoms with van der Waals surface area (Å²) >= 11 is 5.87. The quantitative estimate of drug-likeness (QED) is 0.866.